The molecule has 0 aliphatic heterocycles. The van der Waals surface area contributed by atoms with Gasteiger partial charge in [-0.15, -0.1) is 0 Å². The van der Waals surface area contributed by atoms with E-state index in [2.05, 4.69) is 44.9 Å². The molecular formula is C15H26N2O. The monoisotopic (exact) mass is 250 g/mol. The topological polar surface area (TPSA) is 38.1 Å². The Hall–Kier alpha value is -0.830. The summed E-state index contributed by atoms with van der Waals surface area (Å²) in [6.45, 7) is 11.8. The summed E-state index contributed by atoms with van der Waals surface area (Å²) in [6, 6.07) is 0. The van der Waals surface area contributed by atoms with Crippen LogP contribution >= 0.6 is 0 Å². The van der Waals surface area contributed by atoms with Crippen molar-refractivity contribution in [3.63, 3.8) is 0 Å². The molecule has 1 unspecified atom stereocenters. The summed E-state index contributed by atoms with van der Waals surface area (Å²) in [6.07, 6.45) is 5.74. The Morgan fingerprint density at radius 1 is 1.44 bits per heavy atom. The number of rotatable bonds is 3. The Morgan fingerprint density at radius 2 is 2.17 bits per heavy atom. The predicted molar refractivity (Wildman–Crippen MR) is 73.5 cm³/mol. The van der Waals surface area contributed by atoms with E-state index in [1.54, 1.807) is 0 Å². The van der Waals surface area contributed by atoms with Gasteiger partial charge in [0.05, 0.1) is 12.7 Å². The van der Waals surface area contributed by atoms with E-state index in [1.165, 1.54) is 19.3 Å². The first-order valence-electron chi connectivity index (χ1n) is 6.97. The van der Waals surface area contributed by atoms with Crippen LogP contribution < -0.4 is 5.32 Å². The number of nitrogens with zero attached hydrogens (tertiary/aromatic N) is 1. The van der Waals surface area contributed by atoms with Gasteiger partial charge in [0.1, 0.15) is 5.76 Å². The maximum Gasteiger partial charge on any atom is 0.208 e. The van der Waals surface area contributed by atoms with Crippen LogP contribution in [-0.4, -0.2) is 10.5 Å². The summed E-state index contributed by atoms with van der Waals surface area (Å²) in [7, 11) is 0. The van der Waals surface area contributed by atoms with Crippen LogP contribution in [0.25, 0.3) is 0 Å². The normalized spacial score (nSPS) is 23.5. The van der Waals surface area contributed by atoms with Crippen molar-refractivity contribution in [1.29, 1.82) is 0 Å². The molecule has 1 aliphatic rings. The van der Waals surface area contributed by atoms with Crippen LogP contribution in [0, 0.1) is 5.41 Å². The van der Waals surface area contributed by atoms with E-state index in [-0.39, 0.29) is 5.54 Å². The van der Waals surface area contributed by atoms with E-state index in [0.717, 1.165) is 11.7 Å². The molecule has 1 N–H and O–H groups in total. The van der Waals surface area contributed by atoms with Crippen LogP contribution in [0.2, 0.25) is 0 Å². The predicted octanol–water partition coefficient (Wildman–Crippen LogP) is 3.86. The highest BCUT2D eigenvalue weighted by Gasteiger charge is 2.37. The maximum atomic E-state index is 5.92. The average molecular weight is 250 g/mol. The highest BCUT2D eigenvalue weighted by atomic mass is 16.4. The summed E-state index contributed by atoms with van der Waals surface area (Å²) in [4.78, 5) is 4.40. The van der Waals surface area contributed by atoms with Crippen LogP contribution in [0.5, 0.6) is 0 Å². The molecule has 2 rings (SSSR count). The van der Waals surface area contributed by atoms with E-state index >= 15 is 0 Å². The first kappa shape index (κ1) is 13.6. The second-order valence-corrected chi connectivity index (χ2v) is 7.19. The lowest BCUT2D eigenvalue weighted by Gasteiger charge is -2.24. The van der Waals surface area contributed by atoms with Crippen LogP contribution in [0.1, 0.15) is 71.5 Å². The summed E-state index contributed by atoms with van der Waals surface area (Å²) in [5, 5.41) is 3.41. The molecule has 0 aromatic carbocycles. The van der Waals surface area contributed by atoms with Gasteiger partial charge >= 0.3 is 0 Å². The molecule has 1 aliphatic carbocycles. The molecule has 0 saturated heterocycles. The standard InChI is InChI=1S/C15H26N2O/c1-14(2,3)17-10-13-16-9-12(18-13)11-7-6-8-15(11,4)5/h9,11,17H,6-8,10H2,1-5H3. The lowest BCUT2D eigenvalue weighted by atomic mass is 9.81. The fourth-order valence-corrected chi connectivity index (χ4v) is 2.76. The van der Waals surface area contributed by atoms with Gasteiger partial charge < -0.3 is 9.73 Å². The third-order valence-electron chi connectivity index (χ3n) is 3.94. The molecule has 1 heterocycles. The third-order valence-corrected chi connectivity index (χ3v) is 3.94. The Morgan fingerprint density at radius 3 is 2.72 bits per heavy atom. The van der Waals surface area contributed by atoms with Crippen LogP contribution in [0.15, 0.2) is 10.6 Å². The van der Waals surface area contributed by atoms with Crippen molar-refractivity contribution in [3.8, 4) is 0 Å². The molecule has 3 heteroatoms. The second kappa shape index (κ2) is 4.69. The summed E-state index contributed by atoms with van der Waals surface area (Å²) in [5.41, 5.74) is 0.454. The molecule has 1 aromatic heterocycles. The molecule has 0 bridgehead atoms. The number of nitrogens with one attached hydrogen (secondary N) is 1. The van der Waals surface area contributed by atoms with Crippen LogP contribution in [0.3, 0.4) is 0 Å². The van der Waals surface area contributed by atoms with E-state index in [0.29, 0.717) is 17.9 Å². The van der Waals surface area contributed by atoms with Crippen LogP contribution in [-0.2, 0) is 6.54 Å². The van der Waals surface area contributed by atoms with Gasteiger partial charge in [0.2, 0.25) is 5.89 Å². The van der Waals surface area contributed by atoms with Gasteiger partial charge in [-0.25, -0.2) is 4.98 Å². The van der Waals surface area contributed by atoms with Gasteiger partial charge in [0, 0.05) is 11.5 Å². The molecule has 3 nitrogen and oxygen atoms in total. The Bertz CT molecular complexity index is 401. The van der Waals surface area contributed by atoms with E-state index < -0.39 is 0 Å². The molecule has 1 fully saturated rings. The van der Waals surface area contributed by atoms with Gasteiger partial charge in [0.25, 0.3) is 0 Å². The fourth-order valence-electron chi connectivity index (χ4n) is 2.76. The quantitative estimate of drug-likeness (QED) is 0.885. The molecular weight excluding hydrogens is 224 g/mol. The lowest BCUT2D eigenvalue weighted by Crippen LogP contribution is -2.35. The molecule has 0 amide bonds. The number of hydrogen-bond donors (Lipinski definition) is 1. The van der Waals surface area contributed by atoms with Gasteiger partial charge in [-0.2, -0.15) is 0 Å². The van der Waals surface area contributed by atoms with E-state index in [4.69, 9.17) is 4.42 Å². The minimum Gasteiger partial charge on any atom is -0.444 e. The maximum absolute atomic E-state index is 5.92. The molecule has 0 radical (unpaired) electrons. The zero-order chi connectivity index (χ0) is 13.4. The highest BCUT2D eigenvalue weighted by Crippen LogP contribution is 2.48. The fraction of sp³-hybridized carbons (Fsp3) is 0.800. The van der Waals surface area contributed by atoms with Crippen molar-refractivity contribution < 1.29 is 4.42 Å². The Balaban J connectivity index is 2.02. The first-order chi connectivity index (χ1) is 8.28. The zero-order valence-electron chi connectivity index (χ0n) is 12.3. The van der Waals surface area contributed by atoms with E-state index in [1.807, 2.05) is 6.20 Å². The molecule has 102 valence electrons. The van der Waals surface area contributed by atoms with Crippen molar-refractivity contribution in [2.75, 3.05) is 0 Å². The average Bonchev–Trinajstić information content (AvgIpc) is 2.79. The van der Waals surface area contributed by atoms with Crippen molar-refractivity contribution in [2.45, 2.75) is 71.9 Å². The smallest absolute Gasteiger partial charge is 0.208 e. The number of oxazole rings is 1. The molecule has 18 heavy (non-hydrogen) atoms. The largest absolute Gasteiger partial charge is 0.444 e. The Kier molecular flexibility index (Phi) is 3.54. The minimum atomic E-state index is 0.0985. The van der Waals surface area contributed by atoms with Crippen molar-refractivity contribution in [3.05, 3.63) is 17.8 Å². The van der Waals surface area contributed by atoms with E-state index in [9.17, 15) is 0 Å². The number of aromatic nitrogens is 1. The molecule has 1 atom stereocenters. The third kappa shape index (κ3) is 3.14. The molecule has 1 saturated carbocycles. The van der Waals surface area contributed by atoms with Gasteiger partial charge in [-0.3, -0.25) is 0 Å². The van der Waals surface area contributed by atoms with Gasteiger partial charge in [-0.05, 0) is 39.0 Å². The Labute approximate surface area is 110 Å². The molecule has 0 spiro atoms. The van der Waals surface area contributed by atoms with Crippen molar-refractivity contribution in [2.24, 2.45) is 5.41 Å². The van der Waals surface area contributed by atoms with Gasteiger partial charge in [-0.1, -0.05) is 20.3 Å². The van der Waals surface area contributed by atoms with Crippen molar-refractivity contribution >= 4 is 0 Å². The first-order valence-corrected chi connectivity index (χ1v) is 6.97. The minimum absolute atomic E-state index is 0.0985. The molecule has 1 aromatic rings. The summed E-state index contributed by atoms with van der Waals surface area (Å²) >= 11 is 0. The number of hydrogen-bond acceptors (Lipinski definition) is 3. The second-order valence-electron chi connectivity index (χ2n) is 7.19. The summed E-state index contributed by atoms with van der Waals surface area (Å²) in [5.74, 6) is 2.42. The highest BCUT2D eigenvalue weighted by molar-refractivity contribution is 5.09. The van der Waals surface area contributed by atoms with Crippen molar-refractivity contribution in [1.82, 2.24) is 10.3 Å². The SMILES string of the molecule is CC(C)(C)NCc1ncc(C2CCCC2(C)C)o1. The zero-order valence-corrected chi connectivity index (χ0v) is 12.3. The van der Waals surface area contributed by atoms with Gasteiger partial charge in [0.15, 0.2) is 0 Å². The summed E-state index contributed by atoms with van der Waals surface area (Å²) < 4.78 is 5.92. The lowest BCUT2D eigenvalue weighted by molar-refractivity contribution is 0.282. The van der Waals surface area contributed by atoms with Crippen LogP contribution in [0.4, 0.5) is 0 Å².